The number of benzene rings is 3. The van der Waals surface area contributed by atoms with Crippen molar-refractivity contribution < 1.29 is 22.3 Å². The van der Waals surface area contributed by atoms with E-state index in [1.54, 1.807) is 11.0 Å². The molecule has 0 aliphatic carbocycles. The molecule has 0 aromatic heterocycles. The van der Waals surface area contributed by atoms with Crippen LogP contribution in [0.4, 0.5) is 20.6 Å². The van der Waals surface area contributed by atoms with Gasteiger partial charge in [0.05, 0.1) is 17.2 Å². The van der Waals surface area contributed by atoms with Crippen molar-refractivity contribution in [2.24, 2.45) is 5.92 Å². The highest BCUT2D eigenvalue weighted by Gasteiger charge is 2.26. The molecule has 2 amide bonds. The first-order valence-electron chi connectivity index (χ1n) is 13.1. The lowest BCUT2D eigenvalue weighted by molar-refractivity contribution is 0.212. The molecule has 2 N–H and O–H groups in total. The summed E-state index contributed by atoms with van der Waals surface area (Å²) in [7, 11) is -4.05. The van der Waals surface area contributed by atoms with Gasteiger partial charge in [-0.1, -0.05) is 52.8 Å². The summed E-state index contributed by atoms with van der Waals surface area (Å²) < 4.78 is 48.6. The molecule has 208 valence electrons. The number of hydrogen-bond acceptors (Lipinski definition) is 4. The third-order valence-electron chi connectivity index (χ3n) is 6.65. The molecule has 0 fully saturated rings. The van der Waals surface area contributed by atoms with Gasteiger partial charge in [0.25, 0.3) is 10.0 Å². The number of hydrogen-bond donors (Lipinski definition) is 2. The minimum Gasteiger partial charge on any atom is -0.493 e. The maximum atomic E-state index is 14.6. The van der Waals surface area contributed by atoms with Crippen molar-refractivity contribution in [2.75, 3.05) is 16.6 Å². The van der Waals surface area contributed by atoms with Gasteiger partial charge in [0.2, 0.25) is 0 Å². The summed E-state index contributed by atoms with van der Waals surface area (Å²) in [5, 5.41) is 2.91. The number of fused-ring (bicyclic) bond motifs is 1. The highest BCUT2D eigenvalue weighted by atomic mass is 32.2. The van der Waals surface area contributed by atoms with E-state index in [1.807, 2.05) is 24.3 Å². The van der Waals surface area contributed by atoms with Crippen molar-refractivity contribution in [1.82, 2.24) is 4.90 Å². The van der Waals surface area contributed by atoms with Gasteiger partial charge in [-0.3, -0.25) is 4.72 Å². The molecular weight excluding hydrogens is 517 g/mol. The van der Waals surface area contributed by atoms with Gasteiger partial charge in [-0.25, -0.2) is 17.6 Å². The molecule has 0 saturated carbocycles. The predicted molar refractivity (Wildman–Crippen MR) is 152 cm³/mol. The highest BCUT2D eigenvalue weighted by Crippen LogP contribution is 2.29. The van der Waals surface area contributed by atoms with E-state index in [-0.39, 0.29) is 28.6 Å². The lowest BCUT2D eigenvalue weighted by Gasteiger charge is -2.20. The van der Waals surface area contributed by atoms with Crippen LogP contribution in [-0.2, 0) is 28.5 Å². The number of carbonyl (C=O) groups excluding carboxylic acids is 1. The average molecular weight is 554 g/mol. The Hall–Kier alpha value is -3.59. The predicted octanol–water partition coefficient (Wildman–Crippen LogP) is 6.90. The largest absolute Gasteiger partial charge is 0.493 e. The number of amides is 2. The SMILES string of the molecule is CC(C)CCOc1ccc(NS(=O)(=O)c2ccc3c(c2)CN(C(=O)Nc2ccc(C(C)(C)C)cc2)C3)c(F)c1. The van der Waals surface area contributed by atoms with Crippen LogP contribution >= 0.6 is 0 Å². The van der Waals surface area contributed by atoms with Crippen molar-refractivity contribution in [3.05, 3.63) is 83.2 Å². The Labute approximate surface area is 230 Å². The topological polar surface area (TPSA) is 87.7 Å². The van der Waals surface area contributed by atoms with Gasteiger partial charge < -0.3 is 15.0 Å². The normalized spacial score (nSPS) is 13.4. The molecule has 0 bridgehead atoms. The summed E-state index contributed by atoms with van der Waals surface area (Å²) in [6.07, 6.45) is 0.831. The number of sulfonamides is 1. The summed E-state index contributed by atoms with van der Waals surface area (Å²) in [6, 6.07) is 16.2. The van der Waals surface area contributed by atoms with Crippen LogP contribution in [0.15, 0.2) is 65.6 Å². The molecule has 3 aromatic rings. The van der Waals surface area contributed by atoms with Crippen LogP contribution in [0, 0.1) is 11.7 Å². The summed E-state index contributed by atoms with van der Waals surface area (Å²) in [4.78, 5) is 14.5. The first kappa shape index (κ1) is 28.4. The summed E-state index contributed by atoms with van der Waals surface area (Å²) >= 11 is 0. The molecule has 0 spiro atoms. The number of ether oxygens (including phenoxy) is 1. The smallest absolute Gasteiger partial charge is 0.322 e. The van der Waals surface area contributed by atoms with E-state index >= 15 is 0 Å². The van der Waals surface area contributed by atoms with Crippen molar-refractivity contribution in [2.45, 2.75) is 64.4 Å². The lowest BCUT2D eigenvalue weighted by Crippen LogP contribution is -2.30. The molecule has 1 heterocycles. The number of carbonyl (C=O) groups is 1. The quantitative estimate of drug-likeness (QED) is 0.318. The zero-order valence-corrected chi connectivity index (χ0v) is 23.9. The Morgan fingerprint density at radius 3 is 2.33 bits per heavy atom. The fraction of sp³-hybridized carbons (Fsp3) is 0.367. The van der Waals surface area contributed by atoms with E-state index in [1.165, 1.54) is 35.9 Å². The molecular formula is C30H36FN3O4S. The second-order valence-corrected chi connectivity index (χ2v) is 13.0. The van der Waals surface area contributed by atoms with Crippen molar-refractivity contribution in [3.63, 3.8) is 0 Å². The zero-order valence-electron chi connectivity index (χ0n) is 23.0. The van der Waals surface area contributed by atoms with E-state index in [0.29, 0.717) is 30.5 Å². The summed E-state index contributed by atoms with van der Waals surface area (Å²) in [6.45, 7) is 11.6. The Bertz CT molecular complexity index is 1450. The van der Waals surface area contributed by atoms with Gasteiger partial charge in [-0.05, 0) is 70.8 Å². The molecule has 0 radical (unpaired) electrons. The Morgan fingerprint density at radius 2 is 1.69 bits per heavy atom. The molecule has 1 aliphatic rings. The molecule has 0 saturated heterocycles. The van der Waals surface area contributed by atoms with Gasteiger partial charge in [-0.15, -0.1) is 0 Å². The van der Waals surface area contributed by atoms with Crippen LogP contribution in [0.2, 0.25) is 0 Å². The standard InChI is InChI=1S/C30H36FN3O4S/c1-20(2)14-15-38-25-11-13-28(27(31)17-25)33-39(36,37)26-12-6-21-18-34(19-22(21)16-26)29(35)32-24-9-7-23(8-10-24)30(3,4)5/h6-13,16-17,20,33H,14-15,18-19H2,1-5H3,(H,32,35). The first-order valence-corrected chi connectivity index (χ1v) is 14.5. The Balaban J connectivity index is 1.40. The number of anilines is 2. The van der Waals surface area contributed by atoms with Crippen LogP contribution in [0.1, 0.15) is 57.7 Å². The molecule has 4 rings (SSSR count). The number of rotatable bonds is 8. The van der Waals surface area contributed by atoms with E-state index < -0.39 is 15.8 Å². The lowest BCUT2D eigenvalue weighted by atomic mass is 9.87. The molecule has 0 unspecified atom stereocenters. The molecule has 0 atom stereocenters. The molecule has 9 heteroatoms. The summed E-state index contributed by atoms with van der Waals surface area (Å²) in [5.74, 6) is 0.0813. The Kier molecular flexibility index (Phi) is 8.20. The number of halogens is 1. The second kappa shape index (κ2) is 11.3. The first-order chi connectivity index (χ1) is 18.3. The fourth-order valence-corrected chi connectivity index (χ4v) is 5.34. The number of urea groups is 1. The maximum absolute atomic E-state index is 14.6. The van der Waals surface area contributed by atoms with Gasteiger partial charge >= 0.3 is 6.03 Å². The van der Waals surface area contributed by atoms with Crippen molar-refractivity contribution in [1.29, 1.82) is 0 Å². The monoisotopic (exact) mass is 553 g/mol. The third-order valence-corrected chi connectivity index (χ3v) is 8.01. The second-order valence-electron chi connectivity index (χ2n) is 11.3. The van der Waals surface area contributed by atoms with E-state index in [2.05, 4.69) is 44.7 Å². The van der Waals surface area contributed by atoms with Gasteiger partial charge in [0.1, 0.15) is 5.75 Å². The highest BCUT2D eigenvalue weighted by molar-refractivity contribution is 7.92. The fourth-order valence-electron chi connectivity index (χ4n) is 4.22. The minimum atomic E-state index is -4.05. The third kappa shape index (κ3) is 7.09. The van der Waals surface area contributed by atoms with Crippen LogP contribution in [0.3, 0.4) is 0 Å². The van der Waals surface area contributed by atoms with Gasteiger partial charge in [0, 0.05) is 24.8 Å². The Morgan fingerprint density at radius 1 is 1.00 bits per heavy atom. The molecule has 39 heavy (non-hydrogen) atoms. The van der Waals surface area contributed by atoms with Gasteiger partial charge in [-0.2, -0.15) is 0 Å². The van der Waals surface area contributed by atoms with Crippen molar-refractivity contribution in [3.8, 4) is 5.75 Å². The van der Waals surface area contributed by atoms with Crippen molar-refractivity contribution >= 4 is 27.4 Å². The van der Waals surface area contributed by atoms with E-state index in [9.17, 15) is 17.6 Å². The number of nitrogens with zero attached hydrogens (tertiary/aromatic N) is 1. The molecule has 7 nitrogen and oxygen atoms in total. The average Bonchev–Trinajstić information content (AvgIpc) is 3.29. The zero-order chi connectivity index (χ0) is 28.4. The molecule has 1 aliphatic heterocycles. The molecule has 3 aromatic carbocycles. The van der Waals surface area contributed by atoms with Crippen LogP contribution in [0.25, 0.3) is 0 Å². The van der Waals surface area contributed by atoms with E-state index in [4.69, 9.17) is 4.74 Å². The summed E-state index contributed by atoms with van der Waals surface area (Å²) in [5.41, 5.74) is 3.30. The van der Waals surface area contributed by atoms with Crippen LogP contribution < -0.4 is 14.8 Å². The minimum absolute atomic E-state index is 0.00191. The number of nitrogens with one attached hydrogen (secondary N) is 2. The maximum Gasteiger partial charge on any atom is 0.322 e. The van der Waals surface area contributed by atoms with Crippen LogP contribution in [0.5, 0.6) is 5.75 Å². The van der Waals surface area contributed by atoms with Gasteiger partial charge in [0.15, 0.2) is 5.82 Å². The van der Waals surface area contributed by atoms with E-state index in [0.717, 1.165) is 17.5 Å². The van der Waals surface area contributed by atoms with Crippen LogP contribution in [-0.4, -0.2) is 26.0 Å².